The largest absolute Gasteiger partial charge is 0.435 e. The highest BCUT2D eigenvalue weighted by atomic mass is 16.5. The van der Waals surface area contributed by atoms with Crippen molar-refractivity contribution in [3.63, 3.8) is 0 Å². The van der Waals surface area contributed by atoms with E-state index in [-0.39, 0.29) is 10.8 Å². The summed E-state index contributed by atoms with van der Waals surface area (Å²) in [6, 6.07) is 26.1. The van der Waals surface area contributed by atoms with E-state index in [0.29, 0.717) is 6.73 Å². The molecule has 1 aliphatic heterocycles. The van der Waals surface area contributed by atoms with Crippen LogP contribution in [0.3, 0.4) is 0 Å². The maximum Gasteiger partial charge on any atom is 0.286 e. The summed E-state index contributed by atoms with van der Waals surface area (Å²) in [5, 5.41) is 0. The average Bonchev–Trinajstić information content (AvgIpc) is 2.74. The van der Waals surface area contributed by atoms with E-state index in [1.165, 1.54) is 22.3 Å². The number of hydrogen-bond donors (Lipinski definition) is 0. The smallest absolute Gasteiger partial charge is 0.286 e. The van der Waals surface area contributed by atoms with Crippen LogP contribution in [0, 0.1) is 0 Å². The van der Waals surface area contributed by atoms with Crippen molar-refractivity contribution in [1.82, 2.24) is 0 Å². The van der Waals surface area contributed by atoms with Gasteiger partial charge in [-0.1, -0.05) is 94.4 Å². The van der Waals surface area contributed by atoms with Crippen molar-refractivity contribution in [3.8, 4) is 5.75 Å². The Balaban J connectivity index is 1.95. The van der Waals surface area contributed by atoms with Gasteiger partial charge in [0, 0.05) is 16.4 Å². The Kier molecular flexibility index (Phi) is 4.82. The third kappa shape index (κ3) is 3.48. The molecule has 0 saturated carbocycles. The normalized spacial score (nSPS) is 14.0. The van der Waals surface area contributed by atoms with Gasteiger partial charge in [0.05, 0.1) is 5.56 Å². The molecule has 3 aromatic carbocycles. The van der Waals surface area contributed by atoms with E-state index in [1.54, 1.807) is 0 Å². The van der Waals surface area contributed by atoms with Gasteiger partial charge < -0.3 is 4.74 Å². The predicted molar refractivity (Wildman–Crippen MR) is 120 cm³/mol. The van der Waals surface area contributed by atoms with Crippen molar-refractivity contribution in [2.24, 2.45) is 0 Å². The molecule has 0 fully saturated rings. The molecule has 1 heterocycles. The molecule has 0 amide bonds. The van der Waals surface area contributed by atoms with Crippen LogP contribution in [0.2, 0.25) is 0 Å². The molecule has 0 aliphatic carbocycles. The van der Waals surface area contributed by atoms with Gasteiger partial charge in [-0.2, -0.15) is 0 Å². The number of nitrogens with zero attached hydrogens (tertiary/aromatic N) is 1. The van der Waals surface area contributed by atoms with Crippen LogP contribution in [0.15, 0.2) is 72.8 Å². The highest BCUT2D eigenvalue weighted by Gasteiger charge is 2.34. The van der Waals surface area contributed by atoms with E-state index in [9.17, 15) is 0 Å². The van der Waals surface area contributed by atoms with E-state index in [0.717, 1.165) is 11.3 Å². The van der Waals surface area contributed by atoms with E-state index in [4.69, 9.17) is 4.74 Å². The van der Waals surface area contributed by atoms with Crippen molar-refractivity contribution in [1.29, 1.82) is 0 Å². The van der Waals surface area contributed by atoms with Crippen LogP contribution in [0.4, 0.5) is 0 Å². The van der Waals surface area contributed by atoms with Crippen molar-refractivity contribution >= 4 is 6.21 Å². The number of fused-ring (bicyclic) bond motifs is 1. The molecular formula is C27H30NO+. The lowest BCUT2D eigenvalue weighted by molar-refractivity contribution is -0.528. The predicted octanol–water partition coefficient (Wildman–Crippen LogP) is 5.75. The molecule has 3 aromatic rings. The highest BCUT2D eigenvalue weighted by Crippen LogP contribution is 2.43. The van der Waals surface area contributed by atoms with Crippen LogP contribution < -0.4 is 4.74 Å². The summed E-state index contributed by atoms with van der Waals surface area (Å²) >= 11 is 0. The first kappa shape index (κ1) is 19.4. The molecule has 0 bridgehead atoms. The zero-order chi connectivity index (χ0) is 20.6. The second kappa shape index (κ2) is 7.18. The third-order valence-electron chi connectivity index (χ3n) is 6.28. The van der Waals surface area contributed by atoms with Gasteiger partial charge >= 0.3 is 0 Å². The second-order valence-corrected chi connectivity index (χ2v) is 9.08. The Morgan fingerprint density at radius 3 is 1.86 bits per heavy atom. The summed E-state index contributed by atoms with van der Waals surface area (Å²) in [5.74, 6) is 1.00. The Hall–Kier alpha value is -2.87. The molecule has 2 nitrogen and oxygen atoms in total. The Bertz CT molecular complexity index is 1050. The van der Waals surface area contributed by atoms with Gasteiger partial charge in [-0.3, -0.25) is 0 Å². The lowest BCUT2D eigenvalue weighted by atomic mass is 9.72. The first-order valence-corrected chi connectivity index (χ1v) is 10.3. The zero-order valence-corrected chi connectivity index (χ0v) is 18.1. The fraction of sp³-hybridized carbons (Fsp3) is 0.296. The molecule has 0 radical (unpaired) electrons. The van der Waals surface area contributed by atoms with E-state index < -0.39 is 0 Å². The minimum atomic E-state index is -0.169. The molecule has 0 saturated heterocycles. The number of ether oxygens (including phenoxy) is 1. The minimum Gasteiger partial charge on any atom is -0.435 e. The first-order valence-electron chi connectivity index (χ1n) is 10.3. The van der Waals surface area contributed by atoms with E-state index >= 15 is 0 Å². The van der Waals surface area contributed by atoms with Crippen LogP contribution >= 0.6 is 0 Å². The van der Waals surface area contributed by atoms with Crippen LogP contribution in [-0.2, 0) is 10.8 Å². The molecule has 0 aromatic heterocycles. The molecule has 4 rings (SSSR count). The van der Waals surface area contributed by atoms with Gasteiger partial charge in [0.1, 0.15) is 12.8 Å². The molecular weight excluding hydrogens is 354 g/mol. The van der Waals surface area contributed by atoms with Crippen LogP contribution in [0.25, 0.3) is 0 Å². The van der Waals surface area contributed by atoms with Gasteiger partial charge in [-0.25, -0.2) is 4.58 Å². The van der Waals surface area contributed by atoms with Gasteiger partial charge in [-0.05, 0) is 22.8 Å². The minimum absolute atomic E-state index is 0.109. The standard InChI is InChI=1S/C27H30NO/c1-26(2,21-12-8-6-9-13-21)23-16-20-18-28(5)19-29-25(20)24(17-23)27(3,4)22-14-10-7-11-15-22/h6-18H,19H2,1-5H3/q+1. The average molecular weight is 385 g/mol. The fourth-order valence-electron chi connectivity index (χ4n) is 4.21. The lowest BCUT2D eigenvalue weighted by Crippen LogP contribution is -2.28. The summed E-state index contributed by atoms with van der Waals surface area (Å²) in [7, 11) is 2.06. The van der Waals surface area contributed by atoms with Crippen molar-refractivity contribution in [3.05, 3.63) is 101 Å². The molecule has 0 unspecified atom stereocenters. The summed E-state index contributed by atoms with van der Waals surface area (Å²) in [5.41, 5.74) is 6.02. The first-order chi connectivity index (χ1) is 13.8. The van der Waals surface area contributed by atoms with Gasteiger partial charge in [0.2, 0.25) is 0 Å². The lowest BCUT2D eigenvalue weighted by Gasteiger charge is -2.33. The Morgan fingerprint density at radius 1 is 0.724 bits per heavy atom. The summed E-state index contributed by atoms with van der Waals surface area (Å²) in [6.45, 7) is 9.76. The quantitative estimate of drug-likeness (QED) is 0.522. The van der Waals surface area contributed by atoms with Crippen LogP contribution in [0.1, 0.15) is 55.5 Å². The van der Waals surface area contributed by atoms with Crippen molar-refractivity contribution < 1.29 is 9.31 Å². The van der Waals surface area contributed by atoms with E-state index in [1.807, 2.05) is 0 Å². The van der Waals surface area contributed by atoms with Gasteiger partial charge in [0.25, 0.3) is 6.73 Å². The number of benzene rings is 3. The molecule has 29 heavy (non-hydrogen) atoms. The monoisotopic (exact) mass is 384 g/mol. The summed E-state index contributed by atoms with van der Waals surface area (Å²) in [4.78, 5) is 0. The van der Waals surface area contributed by atoms with Crippen LogP contribution in [-0.4, -0.2) is 24.6 Å². The number of hydrogen-bond acceptors (Lipinski definition) is 1. The van der Waals surface area contributed by atoms with Gasteiger partial charge in [-0.15, -0.1) is 0 Å². The van der Waals surface area contributed by atoms with Gasteiger partial charge in [0.15, 0.2) is 6.21 Å². The van der Waals surface area contributed by atoms with Crippen molar-refractivity contribution in [2.45, 2.75) is 38.5 Å². The third-order valence-corrected chi connectivity index (χ3v) is 6.28. The Morgan fingerprint density at radius 2 is 1.28 bits per heavy atom. The van der Waals surface area contributed by atoms with Crippen LogP contribution in [0.5, 0.6) is 5.75 Å². The molecule has 2 heteroatoms. The highest BCUT2D eigenvalue weighted by molar-refractivity contribution is 5.83. The topological polar surface area (TPSA) is 12.2 Å². The van der Waals surface area contributed by atoms with Crippen molar-refractivity contribution in [2.75, 3.05) is 13.8 Å². The second-order valence-electron chi connectivity index (χ2n) is 9.08. The molecule has 0 N–H and O–H groups in total. The van der Waals surface area contributed by atoms with E-state index in [2.05, 4.69) is 118 Å². The maximum atomic E-state index is 6.24. The molecule has 0 spiro atoms. The SMILES string of the molecule is C[N+]1=Cc2cc(C(C)(C)c3ccccc3)cc(C(C)(C)c3ccccc3)c2OC1. The maximum absolute atomic E-state index is 6.24. The number of rotatable bonds is 4. The fourth-order valence-corrected chi connectivity index (χ4v) is 4.21. The summed E-state index contributed by atoms with van der Waals surface area (Å²) in [6.07, 6.45) is 2.20. The molecule has 148 valence electrons. The summed E-state index contributed by atoms with van der Waals surface area (Å²) < 4.78 is 8.34. The molecule has 1 aliphatic rings. The Labute approximate surface area is 174 Å². The zero-order valence-electron chi connectivity index (χ0n) is 18.1. The molecule has 0 atom stereocenters.